The third-order valence-corrected chi connectivity index (χ3v) is 3.89. The average Bonchev–Trinajstić information content (AvgIpc) is 2.96. The number of aliphatic hydroxyl groups excluding tert-OH is 1. The van der Waals surface area contributed by atoms with Gasteiger partial charge in [-0.15, -0.1) is 0 Å². The number of aromatic amines is 1. The number of likely N-dealkylation sites (tertiary alicyclic amines) is 1. The van der Waals surface area contributed by atoms with E-state index in [1.807, 2.05) is 24.3 Å². The zero-order valence-corrected chi connectivity index (χ0v) is 12.2. The van der Waals surface area contributed by atoms with Crippen LogP contribution in [0, 0.1) is 0 Å². The van der Waals surface area contributed by atoms with Crippen LogP contribution in [0.15, 0.2) is 30.3 Å². The maximum Gasteiger partial charge on any atom is 0.118 e. The van der Waals surface area contributed by atoms with Crippen LogP contribution < -0.4 is 4.74 Å². The molecular weight excluding hydrogens is 266 g/mol. The summed E-state index contributed by atoms with van der Waals surface area (Å²) in [7, 11) is 1.66. The van der Waals surface area contributed by atoms with Gasteiger partial charge in [0.25, 0.3) is 0 Å². The summed E-state index contributed by atoms with van der Waals surface area (Å²) in [6.07, 6.45) is 1.78. The van der Waals surface area contributed by atoms with Crippen molar-refractivity contribution < 1.29 is 9.84 Å². The van der Waals surface area contributed by atoms with Gasteiger partial charge in [0, 0.05) is 24.3 Å². The van der Waals surface area contributed by atoms with Crippen molar-refractivity contribution in [3.63, 3.8) is 0 Å². The molecule has 1 unspecified atom stereocenters. The second-order valence-electron chi connectivity index (χ2n) is 5.54. The lowest BCUT2D eigenvalue weighted by atomic mass is 10.1. The number of benzene rings is 1. The Labute approximate surface area is 124 Å². The second-order valence-corrected chi connectivity index (χ2v) is 5.54. The molecule has 0 amide bonds. The van der Waals surface area contributed by atoms with E-state index in [0.29, 0.717) is 0 Å². The SMILES string of the molecule is COc1ccc(-c2cc(CN3CCCC(O)C3)[nH]n2)cc1. The molecule has 21 heavy (non-hydrogen) atoms. The van der Waals surface area contributed by atoms with E-state index in [0.717, 1.165) is 55.2 Å². The van der Waals surface area contributed by atoms with Crippen molar-refractivity contribution in [3.05, 3.63) is 36.0 Å². The number of hydrogen-bond donors (Lipinski definition) is 2. The van der Waals surface area contributed by atoms with Crippen LogP contribution in [0.3, 0.4) is 0 Å². The van der Waals surface area contributed by atoms with Crippen LogP contribution in [-0.2, 0) is 6.54 Å². The lowest BCUT2D eigenvalue weighted by Crippen LogP contribution is -2.37. The third kappa shape index (κ3) is 3.43. The van der Waals surface area contributed by atoms with Crippen LogP contribution in [-0.4, -0.2) is 46.5 Å². The fourth-order valence-corrected chi connectivity index (χ4v) is 2.77. The van der Waals surface area contributed by atoms with Crippen molar-refractivity contribution in [2.24, 2.45) is 0 Å². The molecule has 0 bridgehead atoms. The molecule has 5 heteroatoms. The van der Waals surface area contributed by atoms with Crippen LogP contribution in [0.5, 0.6) is 5.75 Å². The zero-order valence-electron chi connectivity index (χ0n) is 12.2. The molecule has 1 fully saturated rings. The van der Waals surface area contributed by atoms with Crippen molar-refractivity contribution in [1.29, 1.82) is 0 Å². The Kier molecular flexibility index (Phi) is 4.22. The molecule has 1 aliphatic heterocycles. The molecular formula is C16H21N3O2. The summed E-state index contributed by atoms with van der Waals surface area (Å²) in [5, 5.41) is 17.2. The number of nitrogens with zero attached hydrogens (tertiary/aromatic N) is 2. The van der Waals surface area contributed by atoms with Crippen LogP contribution in [0.25, 0.3) is 11.3 Å². The van der Waals surface area contributed by atoms with E-state index in [2.05, 4.69) is 21.2 Å². The van der Waals surface area contributed by atoms with Crippen molar-refractivity contribution in [3.8, 4) is 17.0 Å². The van der Waals surface area contributed by atoms with E-state index in [-0.39, 0.29) is 6.10 Å². The first kappa shape index (κ1) is 14.1. The average molecular weight is 287 g/mol. The van der Waals surface area contributed by atoms with Crippen molar-refractivity contribution in [1.82, 2.24) is 15.1 Å². The lowest BCUT2D eigenvalue weighted by Gasteiger charge is -2.29. The summed E-state index contributed by atoms with van der Waals surface area (Å²) >= 11 is 0. The Morgan fingerprint density at radius 3 is 2.90 bits per heavy atom. The van der Waals surface area contributed by atoms with Crippen molar-refractivity contribution in [2.75, 3.05) is 20.2 Å². The van der Waals surface area contributed by atoms with Gasteiger partial charge in [0.15, 0.2) is 0 Å². The zero-order chi connectivity index (χ0) is 14.7. The van der Waals surface area contributed by atoms with Gasteiger partial charge < -0.3 is 9.84 Å². The van der Waals surface area contributed by atoms with Crippen LogP contribution in [0.4, 0.5) is 0 Å². The molecule has 1 aromatic carbocycles. The molecule has 112 valence electrons. The summed E-state index contributed by atoms with van der Waals surface area (Å²) < 4.78 is 5.16. The molecule has 0 radical (unpaired) electrons. The van der Waals surface area contributed by atoms with Gasteiger partial charge in [-0.05, 0) is 49.7 Å². The number of aromatic nitrogens is 2. The minimum atomic E-state index is -0.192. The third-order valence-electron chi connectivity index (χ3n) is 3.89. The standard InChI is InChI=1S/C16H21N3O2/c1-21-15-6-4-12(5-7-15)16-9-13(17-18-16)10-19-8-2-3-14(20)11-19/h4-7,9,14,20H,2-3,8,10-11H2,1H3,(H,17,18). The molecule has 0 aliphatic carbocycles. The molecule has 0 saturated carbocycles. The highest BCUT2D eigenvalue weighted by atomic mass is 16.5. The Hall–Kier alpha value is -1.85. The predicted molar refractivity (Wildman–Crippen MR) is 81.1 cm³/mol. The molecule has 1 atom stereocenters. The molecule has 2 aromatic rings. The van der Waals surface area contributed by atoms with Gasteiger partial charge in [-0.25, -0.2) is 0 Å². The first-order chi connectivity index (χ1) is 10.2. The normalized spacial score (nSPS) is 19.6. The van der Waals surface area contributed by atoms with Crippen LogP contribution in [0.2, 0.25) is 0 Å². The Bertz CT molecular complexity index is 579. The highest BCUT2D eigenvalue weighted by molar-refractivity contribution is 5.60. The summed E-state index contributed by atoms with van der Waals surface area (Å²) in [5.74, 6) is 0.844. The van der Waals surface area contributed by atoms with Crippen LogP contribution in [0.1, 0.15) is 18.5 Å². The first-order valence-electron chi connectivity index (χ1n) is 7.34. The summed E-state index contributed by atoms with van der Waals surface area (Å²) in [6.45, 7) is 2.59. The quantitative estimate of drug-likeness (QED) is 0.903. The number of hydrogen-bond acceptors (Lipinski definition) is 4. The number of nitrogens with one attached hydrogen (secondary N) is 1. The molecule has 0 spiro atoms. The van der Waals surface area contributed by atoms with E-state index < -0.39 is 0 Å². The Morgan fingerprint density at radius 2 is 2.19 bits per heavy atom. The highest BCUT2D eigenvalue weighted by Crippen LogP contribution is 2.22. The van der Waals surface area contributed by atoms with Gasteiger partial charge in [-0.3, -0.25) is 10.00 Å². The minimum absolute atomic E-state index is 0.192. The molecule has 5 nitrogen and oxygen atoms in total. The monoisotopic (exact) mass is 287 g/mol. The van der Waals surface area contributed by atoms with E-state index in [9.17, 15) is 5.11 Å². The number of piperidine rings is 1. The van der Waals surface area contributed by atoms with Crippen LogP contribution >= 0.6 is 0 Å². The summed E-state index contributed by atoms with van der Waals surface area (Å²) in [6, 6.07) is 9.95. The Morgan fingerprint density at radius 1 is 1.38 bits per heavy atom. The van der Waals surface area contributed by atoms with Gasteiger partial charge in [0.1, 0.15) is 5.75 Å². The van der Waals surface area contributed by atoms with Gasteiger partial charge in [0.05, 0.1) is 18.9 Å². The fourth-order valence-electron chi connectivity index (χ4n) is 2.77. The fraction of sp³-hybridized carbons (Fsp3) is 0.438. The molecule has 3 rings (SSSR count). The number of H-pyrrole nitrogens is 1. The smallest absolute Gasteiger partial charge is 0.118 e. The summed E-state index contributed by atoms with van der Waals surface area (Å²) in [4.78, 5) is 2.26. The molecule has 1 saturated heterocycles. The molecule has 2 N–H and O–H groups in total. The van der Waals surface area contributed by atoms with Crippen molar-refractivity contribution >= 4 is 0 Å². The number of methoxy groups -OCH3 is 1. The number of β-amino-alcohol motifs (C(OH)–C–C–N with tert-alkyl or cyclic N) is 1. The lowest BCUT2D eigenvalue weighted by molar-refractivity contribution is 0.0662. The number of ether oxygens (including phenoxy) is 1. The van der Waals surface area contributed by atoms with E-state index in [1.165, 1.54) is 0 Å². The molecule has 1 aliphatic rings. The van der Waals surface area contributed by atoms with Gasteiger partial charge in [-0.1, -0.05) is 0 Å². The first-order valence-corrected chi connectivity index (χ1v) is 7.34. The predicted octanol–water partition coefficient (Wildman–Crippen LogP) is 2.04. The molecule has 2 heterocycles. The maximum absolute atomic E-state index is 9.71. The van der Waals surface area contributed by atoms with Gasteiger partial charge in [0.2, 0.25) is 0 Å². The van der Waals surface area contributed by atoms with Crippen molar-refractivity contribution in [2.45, 2.75) is 25.5 Å². The number of aliphatic hydroxyl groups is 1. The van der Waals surface area contributed by atoms with E-state index in [1.54, 1.807) is 7.11 Å². The largest absolute Gasteiger partial charge is 0.497 e. The number of rotatable bonds is 4. The molecule has 1 aromatic heterocycles. The minimum Gasteiger partial charge on any atom is -0.497 e. The highest BCUT2D eigenvalue weighted by Gasteiger charge is 2.18. The maximum atomic E-state index is 9.71. The Balaban J connectivity index is 1.67. The summed E-state index contributed by atoms with van der Waals surface area (Å²) in [5.41, 5.74) is 3.08. The second kappa shape index (κ2) is 6.28. The topological polar surface area (TPSA) is 61.4 Å². The van der Waals surface area contributed by atoms with E-state index in [4.69, 9.17) is 4.74 Å². The van der Waals surface area contributed by atoms with E-state index >= 15 is 0 Å². The van der Waals surface area contributed by atoms with Gasteiger partial charge in [-0.2, -0.15) is 5.10 Å². The van der Waals surface area contributed by atoms with Gasteiger partial charge >= 0.3 is 0 Å².